The molecule has 1 saturated heterocycles. The molecule has 2 rings (SSSR count). The number of carbonyl (C=O) groups excluding carboxylic acids is 1. The molecule has 0 aliphatic carbocycles. The summed E-state index contributed by atoms with van der Waals surface area (Å²) in [6.07, 6.45) is 1.78. The molecule has 0 spiro atoms. The zero-order valence-electron chi connectivity index (χ0n) is 12.9. The number of hydrogen-bond acceptors (Lipinski definition) is 6. The van der Waals surface area contributed by atoms with Gasteiger partial charge in [-0.2, -0.15) is 5.26 Å². The Kier molecular flexibility index (Phi) is 6.02. The van der Waals surface area contributed by atoms with Crippen LogP contribution in [0, 0.1) is 11.3 Å². The van der Waals surface area contributed by atoms with Gasteiger partial charge in [-0.1, -0.05) is 30.0 Å². The lowest BCUT2D eigenvalue weighted by atomic mass is 10.2. The zero-order valence-corrected chi connectivity index (χ0v) is 14.5. The summed E-state index contributed by atoms with van der Waals surface area (Å²) in [6.45, 7) is 4.75. The largest absolute Gasteiger partial charge is 0.490 e. The molecule has 0 saturated carbocycles. The molecule has 1 aliphatic heterocycles. The highest BCUT2D eigenvalue weighted by Gasteiger charge is 2.30. The summed E-state index contributed by atoms with van der Waals surface area (Å²) in [5, 5.41) is 8.61. The first-order valence-corrected chi connectivity index (χ1v) is 8.35. The predicted molar refractivity (Wildman–Crippen MR) is 94.3 cm³/mol. The Labute approximate surface area is 144 Å². The van der Waals surface area contributed by atoms with Crippen molar-refractivity contribution in [2.45, 2.75) is 13.8 Å². The van der Waals surface area contributed by atoms with Crippen molar-refractivity contribution in [3.63, 3.8) is 0 Å². The lowest BCUT2D eigenvalue weighted by molar-refractivity contribution is -0.121. The summed E-state index contributed by atoms with van der Waals surface area (Å²) < 4.78 is 11.4. The van der Waals surface area contributed by atoms with E-state index in [0.717, 1.165) is 5.56 Å². The van der Waals surface area contributed by atoms with Crippen LogP contribution in [0.1, 0.15) is 19.4 Å². The number of ether oxygens (including phenoxy) is 2. The fourth-order valence-corrected chi connectivity index (χ4v) is 3.42. The zero-order chi connectivity index (χ0) is 16.8. The lowest BCUT2D eigenvalue weighted by Gasteiger charge is -2.11. The minimum absolute atomic E-state index is 0.0470. The lowest BCUT2D eigenvalue weighted by Crippen LogP contribution is -2.27. The van der Waals surface area contributed by atoms with Crippen molar-refractivity contribution in [2.24, 2.45) is 0 Å². The van der Waals surface area contributed by atoms with Gasteiger partial charge in [0.05, 0.1) is 11.5 Å². The standard InChI is InChI=1S/C16H16N2O3S2/c1-3-18-15(19)14(23-16(18)22)10-11-5-6-12(21-8-7-17)13(9-11)20-4-2/h5-6,9-10H,3-4,8H2,1-2H3/b14-10+. The van der Waals surface area contributed by atoms with Gasteiger partial charge < -0.3 is 9.47 Å². The van der Waals surface area contributed by atoms with Crippen molar-refractivity contribution < 1.29 is 14.3 Å². The normalized spacial score (nSPS) is 15.9. The van der Waals surface area contributed by atoms with Crippen LogP contribution in [0.3, 0.4) is 0 Å². The molecule has 0 N–H and O–H groups in total. The van der Waals surface area contributed by atoms with Gasteiger partial charge in [0.1, 0.15) is 10.4 Å². The number of benzene rings is 1. The summed E-state index contributed by atoms with van der Waals surface area (Å²) in [6, 6.07) is 7.25. The van der Waals surface area contributed by atoms with E-state index in [9.17, 15) is 4.79 Å². The fraction of sp³-hybridized carbons (Fsp3) is 0.312. The van der Waals surface area contributed by atoms with Crippen LogP contribution in [0.15, 0.2) is 23.1 Å². The Morgan fingerprint density at radius 2 is 2.13 bits per heavy atom. The van der Waals surface area contributed by atoms with E-state index in [0.29, 0.717) is 33.9 Å². The maximum absolute atomic E-state index is 12.2. The van der Waals surface area contributed by atoms with E-state index < -0.39 is 0 Å². The van der Waals surface area contributed by atoms with Crippen molar-refractivity contribution in [1.29, 1.82) is 5.26 Å². The minimum Gasteiger partial charge on any atom is -0.490 e. The van der Waals surface area contributed by atoms with Gasteiger partial charge in [0, 0.05) is 6.54 Å². The molecular weight excluding hydrogens is 332 g/mol. The Morgan fingerprint density at radius 1 is 1.35 bits per heavy atom. The molecule has 1 amide bonds. The Hall–Kier alpha value is -2.04. The highest BCUT2D eigenvalue weighted by Crippen LogP contribution is 2.34. The summed E-state index contributed by atoms with van der Waals surface area (Å²) in [5.41, 5.74) is 0.814. The van der Waals surface area contributed by atoms with Crippen LogP contribution in [-0.4, -0.2) is 34.9 Å². The van der Waals surface area contributed by atoms with E-state index in [2.05, 4.69) is 0 Å². The van der Waals surface area contributed by atoms with Crippen molar-refractivity contribution in [3.8, 4) is 17.6 Å². The van der Waals surface area contributed by atoms with E-state index in [1.165, 1.54) is 11.8 Å². The van der Waals surface area contributed by atoms with Crippen molar-refractivity contribution in [1.82, 2.24) is 4.90 Å². The summed E-state index contributed by atoms with van der Waals surface area (Å²) in [4.78, 5) is 14.4. The van der Waals surface area contributed by atoms with Crippen LogP contribution in [-0.2, 0) is 4.79 Å². The Balaban J connectivity index is 2.28. The van der Waals surface area contributed by atoms with Crippen LogP contribution in [0.2, 0.25) is 0 Å². The number of rotatable bonds is 6. The van der Waals surface area contributed by atoms with Crippen LogP contribution in [0.5, 0.6) is 11.5 Å². The molecule has 0 radical (unpaired) electrons. The SMILES string of the molecule is CCOc1cc(/C=C2/SC(=S)N(CC)C2=O)ccc1OCC#N. The van der Waals surface area contributed by atoms with Crippen molar-refractivity contribution >= 4 is 40.3 Å². The second-order valence-electron chi connectivity index (χ2n) is 4.51. The van der Waals surface area contributed by atoms with E-state index in [-0.39, 0.29) is 12.5 Å². The number of hydrogen-bond donors (Lipinski definition) is 0. The smallest absolute Gasteiger partial charge is 0.266 e. The van der Waals surface area contributed by atoms with Gasteiger partial charge in [-0.3, -0.25) is 9.69 Å². The third-order valence-electron chi connectivity index (χ3n) is 3.05. The van der Waals surface area contributed by atoms with Gasteiger partial charge >= 0.3 is 0 Å². The topological polar surface area (TPSA) is 62.6 Å². The molecule has 5 nitrogen and oxygen atoms in total. The average Bonchev–Trinajstić information content (AvgIpc) is 2.80. The quantitative estimate of drug-likeness (QED) is 0.581. The van der Waals surface area contributed by atoms with Crippen molar-refractivity contribution in [2.75, 3.05) is 19.8 Å². The summed E-state index contributed by atoms with van der Waals surface area (Å²) in [7, 11) is 0. The van der Waals surface area contributed by atoms with Gasteiger partial charge in [0.25, 0.3) is 5.91 Å². The first-order chi connectivity index (χ1) is 11.1. The number of likely N-dealkylation sites (N-methyl/N-ethyl adjacent to an activating group) is 1. The highest BCUT2D eigenvalue weighted by molar-refractivity contribution is 8.26. The van der Waals surface area contributed by atoms with E-state index in [1.54, 1.807) is 23.1 Å². The maximum Gasteiger partial charge on any atom is 0.266 e. The van der Waals surface area contributed by atoms with Crippen LogP contribution >= 0.6 is 24.0 Å². The minimum atomic E-state index is -0.0785. The summed E-state index contributed by atoms with van der Waals surface area (Å²) >= 11 is 6.49. The molecule has 1 aromatic rings. The molecule has 0 atom stereocenters. The predicted octanol–water partition coefficient (Wildman–Crippen LogP) is 3.21. The van der Waals surface area contributed by atoms with E-state index in [1.807, 2.05) is 26.0 Å². The van der Waals surface area contributed by atoms with Crippen LogP contribution in [0.25, 0.3) is 6.08 Å². The molecule has 120 valence electrons. The van der Waals surface area contributed by atoms with Crippen molar-refractivity contribution in [3.05, 3.63) is 28.7 Å². The van der Waals surface area contributed by atoms with Crippen LogP contribution in [0.4, 0.5) is 0 Å². The molecule has 0 aromatic heterocycles. The Morgan fingerprint density at radius 3 is 2.74 bits per heavy atom. The van der Waals surface area contributed by atoms with E-state index >= 15 is 0 Å². The molecule has 0 unspecified atom stereocenters. The Bertz CT molecular complexity index is 695. The molecule has 1 aromatic carbocycles. The highest BCUT2D eigenvalue weighted by atomic mass is 32.2. The second kappa shape index (κ2) is 7.99. The van der Waals surface area contributed by atoms with Gasteiger partial charge in [-0.15, -0.1) is 0 Å². The number of nitriles is 1. The van der Waals surface area contributed by atoms with Gasteiger partial charge in [0.2, 0.25) is 0 Å². The first-order valence-electron chi connectivity index (χ1n) is 7.12. The average molecular weight is 348 g/mol. The van der Waals surface area contributed by atoms with Gasteiger partial charge in [-0.25, -0.2) is 0 Å². The molecular formula is C16H16N2O3S2. The van der Waals surface area contributed by atoms with Crippen LogP contribution < -0.4 is 9.47 Å². The number of thiocarbonyl (C=S) groups is 1. The van der Waals surface area contributed by atoms with E-state index in [4.69, 9.17) is 27.0 Å². The number of nitrogens with zero attached hydrogens (tertiary/aromatic N) is 2. The summed E-state index contributed by atoms with van der Waals surface area (Å²) in [5.74, 6) is 0.972. The monoisotopic (exact) mass is 348 g/mol. The van der Waals surface area contributed by atoms with Gasteiger partial charge in [0.15, 0.2) is 18.1 Å². The maximum atomic E-state index is 12.2. The molecule has 23 heavy (non-hydrogen) atoms. The molecule has 1 fully saturated rings. The fourth-order valence-electron chi connectivity index (χ4n) is 2.04. The van der Waals surface area contributed by atoms with Gasteiger partial charge in [-0.05, 0) is 37.6 Å². The molecule has 1 aliphatic rings. The third kappa shape index (κ3) is 4.03. The number of amides is 1. The second-order valence-corrected chi connectivity index (χ2v) is 6.19. The number of carbonyl (C=O) groups is 1. The molecule has 0 bridgehead atoms. The molecule has 7 heteroatoms. The first kappa shape index (κ1) is 17.3. The molecule has 1 heterocycles. The third-order valence-corrected chi connectivity index (χ3v) is 4.43. The number of thioether (sulfide) groups is 1.